The molecule has 3 rings (SSSR count). The Balaban J connectivity index is 1.88. The van der Waals surface area contributed by atoms with Crippen molar-refractivity contribution in [2.75, 3.05) is 0 Å². The third-order valence-electron chi connectivity index (χ3n) is 2.71. The maximum Gasteiger partial charge on any atom is 0.261 e. The average Bonchev–Trinajstić information content (AvgIpc) is 3.01. The fourth-order valence-electron chi connectivity index (χ4n) is 1.80. The van der Waals surface area contributed by atoms with Gasteiger partial charge in [-0.1, -0.05) is 11.2 Å². The highest BCUT2D eigenvalue weighted by molar-refractivity contribution is 7.09. The summed E-state index contributed by atoms with van der Waals surface area (Å²) in [6.45, 7) is 3.76. The fourth-order valence-corrected chi connectivity index (χ4v) is 2.50. The second-order valence-corrected chi connectivity index (χ2v) is 5.22. The Bertz CT molecular complexity index is 690. The summed E-state index contributed by atoms with van der Waals surface area (Å²) in [4.78, 5) is 14.1. The Morgan fingerprint density at radius 2 is 2.16 bits per heavy atom. The van der Waals surface area contributed by atoms with Gasteiger partial charge in [-0.15, -0.1) is 11.3 Å². The zero-order valence-corrected chi connectivity index (χ0v) is 11.4. The standard InChI is InChI=1S/C13H12N4OS/c1-8-11(7-14-9(2)15-8)13-16-12(17-18-13)6-10-4-3-5-19-10/h3-5,7H,6H2,1-2H3. The van der Waals surface area contributed by atoms with Crippen LogP contribution in [-0.4, -0.2) is 20.1 Å². The Morgan fingerprint density at radius 1 is 1.26 bits per heavy atom. The van der Waals surface area contributed by atoms with Crippen LogP contribution in [0.3, 0.4) is 0 Å². The number of thiophene rings is 1. The molecule has 0 N–H and O–H groups in total. The van der Waals surface area contributed by atoms with E-state index >= 15 is 0 Å². The van der Waals surface area contributed by atoms with Crippen LogP contribution in [0, 0.1) is 13.8 Å². The van der Waals surface area contributed by atoms with E-state index in [0.29, 0.717) is 18.1 Å². The smallest absolute Gasteiger partial charge is 0.261 e. The maximum absolute atomic E-state index is 5.28. The van der Waals surface area contributed by atoms with Crippen molar-refractivity contribution in [3.8, 4) is 11.5 Å². The fraction of sp³-hybridized carbons (Fsp3) is 0.231. The predicted molar refractivity (Wildman–Crippen MR) is 71.9 cm³/mol. The van der Waals surface area contributed by atoms with Crippen molar-refractivity contribution in [1.29, 1.82) is 0 Å². The summed E-state index contributed by atoms with van der Waals surface area (Å²) in [6, 6.07) is 4.07. The van der Waals surface area contributed by atoms with Gasteiger partial charge in [0.15, 0.2) is 5.82 Å². The van der Waals surface area contributed by atoms with Gasteiger partial charge in [-0.25, -0.2) is 9.97 Å². The summed E-state index contributed by atoms with van der Waals surface area (Å²) in [7, 11) is 0. The Labute approximate surface area is 114 Å². The van der Waals surface area contributed by atoms with E-state index < -0.39 is 0 Å². The van der Waals surface area contributed by atoms with Gasteiger partial charge >= 0.3 is 0 Å². The highest BCUT2D eigenvalue weighted by atomic mass is 32.1. The van der Waals surface area contributed by atoms with Crippen molar-refractivity contribution in [2.45, 2.75) is 20.3 Å². The molecule has 0 aliphatic rings. The molecular formula is C13H12N4OS. The van der Waals surface area contributed by atoms with Crippen LogP contribution in [0.1, 0.15) is 22.2 Å². The first-order valence-electron chi connectivity index (χ1n) is 5.88. The predicted octanol–water partition coefficient (Wildman–Crippen LogP) is 2.80. The van der Waals surface area contributed by atoms with E-state index in [1.807, 2.05) is 25.3 Å². The first-order valence-corrected chi connectivity index (χ1v) is 6.76. The summed E-state index contributed by atoms with van der Waals surface area (Å²) >= 11 is 1.68. The molecule has 5 nitrogen and oxygen atoms in total. The Kier molecular flexibility index (Phi) is 3.08. The highest BCUT2D eigenvalue weighted by Gasteiger charge is 2.13. The van der Waals surface area contributed by atoms with Crippen LogP contribution in [0.5, 0.6) is 0 Å². The van der Waals surface area contributed by atoms with Crippen LogP contribution >= 0.6 is 11.3 Å². The minimum Gasteiger partial charge on any atom is -0.334 e. The molecule has 3 aromatic rings. The van der Waals surface area contributed by atoms with Gasteiger partial charge in [0.05, 0.1) is 11.3 Å². The zero-order valence-electron chi connectivity index (χ0n) is 10.6. The quantitative estimate of drug-likeness (QED) is 0.733. The molecule has 0 saturated carbocycles. The lowest BCUT2D eigenvalue weighted by atomic mass is 10.2. The third kappa shape index (κ3) is 2.53. The molecule has 0 aliphatic heterocycles. The molecule has 0 fully saturated rings. The monoisotopic (exact) mass is 272 g/mol. The molecule has 0 amide bonds. The third-order valence-corrected chi connectivity index (χ3v) is 3.59. The molecule has 3 heterocycles. The van der Waals surface area contributed by atoms with Crippen molar-refractivity contribution < 1.29 is 4.52 Å². The molecular weight excluding hydrogens is 260 g/mol. The molecule has 3 aromatic heterocycles. The molecule has 0 bridgehead atoms. The number of nitrogens with zero attached hydrogens (tertiary/aromatic N) is 4. The minimum absolute atomic E-state index is 0.476. The van der Waals surface area contributed by atoms with E-state index in [0.717, 1.165) is 17.1 Å². The summed E-state index contributed by atoms with van der Waals surface area (Å²) < 4.78 is 5.28. The lowest BCUT2D eigenvalue weighted by molar-refractivity contribution is 0.423. The molecule has 6 heteroatoms. The van der Waals surface area contributed by atoms with Crippen molar-refractivity contribution >= 4 is 11.3 Å². The first kappa shape index (κ1) is 12.0. The van der Waals surface area contributed by atoms with Crippen LogP contribution in [0.2, 0.25) is 0 Å². The molecule has 96 valence electrons. The molecule has 0 unspecified atom stereocenters. The molecule has 0 aliphatic carbocycles. The summed E-state index contributed by atoms with van der Waals surface area (Å²) in [5.41, 5.74) is 1.63. The van der Waals surface area contributed by atoms with E-state index in [9.17, 15) is 0 Å². The molecule has 0 atom stereocenters. The maximum atomic E-state index is 5.28. The highest BCUT2D eigenvalue weighted by Crippen LogP contribution is 2.20. The van der Waals surface area contributed by atoms with Crippen LogP contribution in [0.4, 0.5) is 0 Å². The van der Waals surface area contributed by atoms with E-state index in [1.165, 1.54) is 4.88 Å². The van der Waals surface area contributed by atoms with Gasteiger partial charge in [-0.3, -0.25) is 0 Å². The van der Waals surface area contributed by atoms with E-state index in [2.05, 4.69) is 26.2 Å². The van der Waals surface area contributed by atoms with Gasteiger partial charge in [-0.05, 0) is 25.3 Å². The van der Waals surface area contributed by atoms with Crippen molar-refractivity contribution in [3.63, 3.8) is 0 Å². The minimum atomic E-state index is 0.476. The van der Waals surface area contributed by atoms with Crippen LogP contribution in [0.25, 0.3) is 11.5 Å². The van der Waals surface area contributed by atoms with Gasteiger partial charge in [0.1, 0.15) is 5.82 Å². The van der Waals surface area contributed by atoms with Gasteiger partial charge < -0.3 is 4.52 Å². The van der Waals surface area contributed by atoms with E-state index in [1.54, 1.807) is 17.5 Å². The Morgan fingerprint density at radius 3 is 2.89 bits per heavy atom. The summed E-state index contributed by atoms with van der Waals surface area (Å²) in [5, 5.41) is 6.03. The number of aryl methyl sites for hydroxylation is 2. The Hall–Kier alpha value is -2.08. The number of rotatable bonds is 3. The molecule has 0 spiro atoms. The SMILES string of the molecule is Cc1ncc(-c2nc(Cc3cccs3)no2)c(C)n1. The molecule has 0 saturated heterocycles. The first-order chi connectivity index (χ1) is 9.22. The van der Waals surface area contributed by atoms with E-state index in [4.69, 9.17) is 4.52 Å². The van der Waals surface area contributed by atoms with Gasteiger partial charge in [0.25, 0.3) is 5.89 Å². The van der Waals surface area contributed by atoms with Crippen LogP contribution < -0.4 is 0 Å². The second-order valence-electron chi connectivity index (χ2n) is 4.19. The van der Waals surface area contributed by atoms with Crippen molar-refractivity contribution in [3.05, 3.63) is 45.9 Å². The van der Waals surface area contributed by atoms with E-state index in [-0.39, 0.29) is 0 Å². The number of hydrogen-bond acceptors (Lipinski definition) is 6. The molecule has 0 aromatic carbocycles. The van der Waals surface area contributed by atoms with Gasteiger partial charge in [0, 0.05) is 17.5 Å². The molecule has 0 radical (unpaired) electrons. The van der Waals surface area contributed by atoms with Crippen molar-refractivity contribution in [1.82, 2.24) is 20.1 Å². The zero-order chi connectivity index (χ0) is 13.2. The summed E-state index contributed by atoms with van der Waals surface area (Å²) in [6.07, 6.45) is 2.41. The molecule has 19 heavy (non-hydrogen) atoms. The van der Waals surface area contributed by atoms with Crippen LogP contribution in [-0.2, 0) is 6.42 Å². The van der Waals surface area contributed by atoms with Gasteiger partial charge in [0.2, 0.25) is 0 Å². The summed E-state index contributed by atoms with van der Waals surface area (Å²) in [5.74, 6) is 1.89. The lowest BCUT2D eigenvalue weighted by Gasteiger charge is -1.99. The van der Waals surface area contributed by atoms with Crippen molar-refractivity contribution in [2.24, 2.45) is 0 Å². The second kappa shape index (κ2) is 4.89. The largest absolute Gasteiger partial charge is 0.334 e. The number of aromatic nitrogens is 4. The normalized spacial score (nSPS) is 10.8. The lowest BCUT2D eigenvalue weighted by Crippen LogP contribution is -1.94. The average molecular weight is 272 g/mol. The van der Waals surface area contributed by atoms with Gasteiger partial charge in [-0.2, -0.15) is 4.98 Å². The topological polar surface area (TPSA) is 64.7 Å². The number of hydrogen-bond donors (Lipinski definition) is 0. The van der Waals surface area contributed by atoms with Crippen LogP contribution in [0.15, 0.2) is 28.2 Å².